The van der Waals surface area contributed by atoms with Gasteiger partial charge in [0.25, 0.3) is 10.0 Å². The normalized spacial score (nSPS) is 11.1. The summed E-state index contributed by atoms with van der Waals surface area (Å²) in [5.41, 5.74) is 0.800. The van der Waals surface area contributed by atoms with Crippen molar-refractivity contribution in [2.45, 2.75) is 16.2 Å². The number of carboxylic acid groups (broad SMARTS) is 1. The Morgan fingerprint density at radius 1 is 1.25 bits per heavy atom. The van der Waals surface area contributed by atoms with E-state index in [1.165, 1.54) is 37.1 Å². The zero-order chi connectivity index (χ0) is 17.7. The summed E-state index contributed by atoms with van der Waals surface area (Å²) in [5.74, 6) is -0.887. The van der Waals surface area contributed by atoms with E-state index in [2.05, 4.69) is 4.72 Å². The number of aliphatic carboxylic acids is 1. The van der Waals surface area contributed by atoms with Crippen LogP contribution in [0.5, 0.6) is 5.75 Å². The van der Waals surface area contributed by atoms with Gasteiger partial charge in [0.2, 0.25) is 0 Å². The third kappa shape index (κ3) is 4.42. The van der Waals surface area contributed by atoms with E-state index in [9.17, 15) is 13.2 Å². The number of hydrogen-bond acceptors (Lipinski definition) is 5. The number of carbonyl (C=O) groups is 1. The lowest BCUT2D eigenvalue weighted by atomic mass is 10.1. The van der Waals surface area contributed by atoms with Crippen molar-refractivity contribution in [2.24, 2.45) is 0 Å². The van der Waals surface area contributed by atoms with Crippen molar-refractivity contribution in [1.82, 2.24) is 0 Å². The Kier molecular flexibility index (Phi) is 5.74. The van der Waals surface area contributed by atoms with Crippen molar-refractivity contribution in [3.8, 4) is 5.75 Å². The first kappa shape index (κ1) is 18.2. The van der Waals surface area contributed by atoms with Crippen LogP contribution in [0.3, 0.4) is 0 Å². The Hall–Kier alpha value is -2.19. The lowest BCUT2D eigenvalue weighted by Gasteiger charge is -2.13. The molecule has 0 fully saturated rings. The molecule has 0 saturated carbocycles. The maximum absolute atomic E-state index is 12.7. The maximum atomic E-state index is 12.7. The molecule has 8 heteroatoms. The number of methoxy groups -OCH3 is 1. The first-order valence-electron chi connectivity index (χ1n) is 6.91. The number of thioether (sulfide) groups is 1. The molecule has 0 aliphatic heterocycles. The number of ether oxygens (including phenoxy) is 1. The van der Waals surface area contributed by atoms with Crippen LogP contribution in [0, 0.1) is 0 Å². The molecule has 0 bridgehead atoms. The molecule has 0 spiro atoms. The van der Waals surface area contributed by atoms with E-state index in [4.69, 9.17) is 9.84 Å². The summed E-state index contributed by atoms with van der Waals surface area (Å²) in [6, 6.07) is 11.3. The van der Waals surface area contributed by atoms with Gasteiger partial charge in [-0.05, 0) is 42.2 Å². The first-order valence-corrected chi connectivity index (χ1v) is 9.62. The van der Waals surface area contributed by atoms with Gasteiger partial charge in [-0.3, -0.25) is 9.52 Å². The lowest BCUT2D eigenvalue weighted by molar-refractivity contribution is -0.136. The van der Waals surface area contributed by atoms with Crippen LogP contribution in [0.15, 0.2) is 52.3 Å². The summed E-state index contributed by atoms with van der Waals surface area (Å²) >= 11 is 1.50. The van der Waals surface area contributed by atoms with Crippen LogP contribution >= 0.6 is 11.8 Å². The van der Waals surface area contributed by atoms with E-state index in [-0.39, 0.29) is 17.1 Å². The number of hydrogen-bond donors (Lipinski definition) is 2. The van der Waals surface area contributed by atoms with Gasteiger partial charge in [-0.25, -0.2) is 8.42 Å². The number of benzene rings is 2. The van der Waals surface area contributed by atoms with Crippen LogP contribution in [0.1, 0.15) is 5.56 Å². The van der Waals surface area contributed by atoms with Gasteiger partial charge in [-0.1, -0.05) is 12.1 Å². The van der Waals surface area contributed by atoms with E-state index in [0.29, 0.717) is 11.3 Å². The molecule has 2 aromatic rings. The molecule has 2 N–H and O–H groups in total. The molecule has 2 aromatic carbocycles. The Bertz CT molecular complexity index is 849. The number of anilines is 1. The van der Waals surface area contributed by atoms with Gasteiger partial charge in [0.1, 0.15) is 10.6 Å². The van der Waals surface area contributed by atoms with Gasteiger partial charge in [-0.15, -0.1) is 11.8 Å². The second-order valence-corrected chi connectivity index (χ2v) is 7.42. The number of nitrogens with one attached hydrogen (secondary N) is 1. The fourth-order valence-electron chi connectivity index (χ4n) is 2.11. The van der Waals surface area contributed by atoms with Gasteiger partial charge >= 0.3 is 5.97 Å². The predicted molar refractivity (Wildman–Crippen MR) is 93.4 cm³/mol. The Labute approximate surface area is 144 Å². The molecule has 24 heavy (non-hydrogen) atoms. The first-order chi connectivity index (χ1) is 11.4. The van der Waals surface area contributed by atoms with Crippen molar-refractivity contribution in [3.05, 3.63) is 48.0 Å². The second-order valence-electron chi connectivity index (χ2n) is 4.89. The molecule has 0 atom stereocenters. The Morgan fingerprint density at radius 2 is 2.00 bits per heavy atom. The van der Waals surface area contributed by atoms with Crippen LogP contribution < -0.4 is 9.46 Å². The van der Waals surface area contributed by atoms with Gasteiger partial charge in [0.05, 0.1) is 13.5 Å². The molecule has 0 aromatic heterocycles. The van der Waals surface area contributed by atoms with Gasteiger partial charge in [0.15, 0.2) is 0 Å². The molecule has 0 amide bonds. The molecular formula is C16H17NO5S2. The minimum atomic E-state index is -3.92. The topological polar surface area (TPSA) is 92.7 Å². The zero-order valence-electron chi connectivity index (χ0n) is 13.1. The molecule has 0 aliphatic rings. The Morgan fingerprint density at radius 3 is 2.62 bits per heavy atom. The summed E-state index contributed by atoms with van der Waals surface area (Å²) < 4.78 is 32.9. The van der Waals surface area contributed by atoms with Crippen molar-refractivity contribution in [2.75, 3.05) is 18.1 Å². The monoisotopic (exact) mass is 367 g/mol. The highest BCUT2D eigenvalue weighted by atomic mass is 32.2. The molecule has 0 saturated heterocycles. The second kappa shape index (κ2) is 7.59. The molecule has 0 aliphatic carbocycles. The highest BCUT2D eigenvalue weighted by Crippen LogP contribution is 2.28. The molecule has 0 unspecified atom stereocenters. The van der Waals surface area contributed by atoms with Crippen LogP contribution in [0.2, 0.25) is 0 Å². The summed E-state index contributed by atoms with van der Waals surface area (Å²) in [7, 11) is -2.56. The Balaban J connectivity index is 2.41. The average Bonchev–Trinajstić information content (AvgIpc) is 2.54. The highest BCUT2D eigenvalue weighted by molar-refractivity contribution is 7.98. The highest BCUT2D eigenvalue weighted by Gasteiger charge is 2.21. The minimum Gasteiger partial charge on any atom is -0.495 e. The minimum absolute atomic E-state index is 0.0988. The summed E-state index contributed by atoms with van der Waals surface area (Å²) in [6.45, 7) is 0. The van der Waals surface area contributed by atoms with Gasteiger partial charge < -0.3 is 9.84 Å². The lowest BCUT2D eigenvalue weighted by Crippen LogP contribution is -2.15. The van der Waals surface area contributed by atoms with Crippen LogP contribution in [0.4, 0.5) is 5.69 Å². The fraction of sp³-hybridized carbons (Fsp3) is 0.188. The van der Waals surface area contributed by atoms with E-state index in [1.807, 2.05) is 12.3 Å². The van der Waals surface area contributed by atoms with Crippen molar-refractivity contribution >= 4 is 33.4 Å². The van der Waals surface area contributed by atoms with Crippen LogP contribution in [0.25, 0.3) is 0 Å². The van der Waals surface area contributed by atoms with E-state index < -0.39 is 16.0 Å². The molecule has 128 valence electrons. The summed E-state index contributed by atoms with van der Waals surface area (Å²) in [4.78, 5) is 11.7. The predicted octanol–water partition coefficient (Wildman–Crippen LogP) is 2.85. The smallest absolute Gasteiger partial charge is 0.307 e. The van der Waals surface area contributed by atoms with Crippen molar-refractivity contribution in [1.29, 1.82) is 0 Å². The van der Waals surface area contributed by atoms with Gasteiger partial charge in [0, 0.05) is 10.6 Å². The fourth-order valence-corrected chi connectivity index (χ4v) is 3.84. The van der Waals surface area contributed by atoms with Crippen LogP contribution in [-0.2, 0) is 21.2 Å². The summed E-state index contributed by atoms with van der Waals surface area (Å²) in [5, 5.41) is 8.88. The molecule has 2 rings (SSSR count). The third-order valence-electron chi connectivity index (χ3n) is 3.19. The summed E-state index contributed by atoms with van der Waals surface area (Å²) in [6.07, 6.45) is 1.63. The number of carboxylic acids is 1. The van der Waals surface area contributed by atoms with Crippen molar-refractivity contribution in [3.63, 3.8) is 0 Å². The largest absolute Gasteiger partial charge is 0.495 e. The van der Waals surface area contributed by atoms with Crippen LogP contribution in [-0.4, -0.2) is 32.9 Å². The van der Waals surface area contributed by atoms with Crippen molar-refractivity contribution < 1.29 is 23.1 Å². The van der Waals surface area contributed by atoms with E-state index >= 15 is 0 Å². The standard InChI is InChI=1S/C16H17NO5S2/c1-22-14-7-6-11(9-16(18)19)8-15(14)24(20,21)17-12-4-3-5-13(10-12)23-2/h3-8,10,17H,9H2,1-2H3,(H,18,19). The van der Waals surface area contributed by atoms with E-state index in [0.717, 1.165) is 4.90 Å². The molecular weight excluding hydrogens is 350 g/mol. The zero-order valence-corrected chi connectivity index (χ0v) is 14.8. The number of sulfonamides is 1. The van der Waals surface area contributed by atoms with E-state index in [1.54, 1.807) is 18.2 Å². The third-order valence-corrected chi connectivity index (χ3v) is 5.32. The number of rotatable bonds is 7. The molecule has 0 heterocycles. The molecule has 6 nitrogen and oxygen atoms in total. The molecule has 0 radical (unpaired) electrons. The maximum Gasteiger partial charge on any atom is 0.307 e. The van der Waals surface area contributed by atoms with Gasteiger partial charge in [-0.2, -0.15) is 0 Å². The average molecular weight is 367 g/mol. The quantitative estimate of drug-likeness (QED) is 0.731. The SMILES string of the molecule is COc1ccc(CC(=O)O)cc1S(=O)(=O)Nc1cccc(SC)c1.